The van der Waals surface area contributed by atoms with Crippen LogP contribution in [-0.2, 0) is 18.0 Å². The monoisotopic (exact) mass is 367 g/mol. The highest BCUT2D eigenvalue weighted by molar-refractivity contribution is 5.94. The topological polar surface area (TPSA) is 29.1 Å². The van der Waals surface area contributed by atoms with Crippen LogP contribution in [0.25, 0.3) is 0 Å². The van der Waals surface area contributed by atoms with Crippen molar-refractivity contribution in [3.05, 3.63) is 70.5 Å². The summed E-state index contributed by atoms with van der Waals surface area (Å²) in [6, 6.07) is 9.38. The average molecular weight is 367 g/mol. The van der Waals surface area contributed by atoms with Gasteiger partial charge < -0.3 is 5.32 Å². The number of hydrogen-bond donors (Lipinski definition) is 1. The summed E-state index contributed by atoms with van der Waals surface area (Å²) in [6.07, 6.45) is -4.19. The fourth-order valence-electron chi connectivity index (χ4n) is 2.48. The van der Waals surface area contributed by atoms with Gasteiger partial charge in [0.1, 0.15) is 5.82 Å². The Morgan fingerprint density at radius 3 is 2.27 bits per heavy atom. The number of rotatable bonds is 4. The highest BCUT2D eigenvalue weighted by Gasteiger charge is 2.30. The zero-order valence-electron chi connectivity index (χ0n) is 14.9. The molecule has 0 aliphatic carbocycles. The van der Waals surface area contributed by atoms with E-state index in [1.54, 1.807) is 12.1 Å². The SMILES string of the molecule is CC(C)(C)c1ccc(C(=O)NCCc2cccc(C(F)(F)F)c2)c(F)c1. The van der Waals surface area contributed by atoms with E-state index >= 15 is 0 Å². The first-order valence-corrected chi connectivity index (χ1v) is 8.23. The van der Waals surface area contributed by atoms with Gasteiger partial charge in [-0.3, -0.25) is 4.79 Å². The zero-order chi connectivity index (χ0) is 19.5. The molecule has 1 amide bonds. The molecule has 0 bridgehead atoms. The van der Waals surface area contributed by atoms with Crippen LogP contribution in [0.3, 0.4) is 0 Å². The number of benzene rings is 2. The van der Waals surface area contributed by atoms with Crippen molar-refractivity contribution in [3.63, 3.8) is 0 Å². The first-order chi connectivity index (χ1) is 12.0. The molecule has 0 aliphatic rings. The van der Waals surface area contributed by atoms with Crippen LogP contribution in [0.5, 0.6) is 0 Å². The van der Waals surface area contributed by atoms with Gasteiger partial charge in [0, 0.05) is 6.54 Å². The summed E-state index contributed by atoms with van der Waals surface area (Å²) in [5.74, 6) is -1.20. The third-order valence-corrected chi connectivity index (χ3v) is 4.03. The van der Waals surface area contributed by atoms with Gasteiger partial charge in [-0.05, 0) is 41.2 Å². The van der Waals surface area contributed by atoms with Crippen molar-refractivity contribution >= 4 is 5.91 Å². The van der Waals surface area contributed by atoms with Gasteiger partial charge in [0.25, 0.3) is 5.91 Å². The van der Waals surface area contributed by atoms with Gasteiger partial charge in [0.15, 0.2) is 0 Å². The predicted octanol–water partition coefficient (Wildman–Crippen LogP) is 5.11. The molecule has 0 radical (unpaired) electrons. The number of carbonyl (C=O) groups excluding carboxylic acids is 1. The average Bonchev–Trinajstić information content (AvgIpc) is 2.53. The van der Waals surface area contributed by atoms with Crippen LogP contribution < -0.4 is 5.32 Å². The van der Waals surface area contributed by atoms with E-state index < -0.39 is 23.5 Å². The first-order valence-electron chi connectivity index (χ1n) is 8.23. The Morgan fingerprint density at radius 1 is 1.00 bits per heavy atom. The Morgan fingerprint density at radius 2 is 1.69 bits per heavy atom. The van der Waals surface area contributed by atoms with Crippen molar-refractivity contribution < 1.29 is 22.4 Å². The van der Waals surface area contributed by atoms with Gasteiger partial charge in [-0.1, -0.05) is 45.0 Å². The molecule has 0 unspecified atom stereocenters. The lowest BCUT2D eigenvalue weighted by Gasteiger charge is -2.19. The third kappa shape index (κ3) is 5.07. The second-order valence-electron chi connectivity index (χ2n) is 7.15. The second kappa shape index (κ2) is 7.48. The molecule has 140 valence electrons. The number of amides is 1. The van der Waals surface area contributed by atoms with Crippen molar-refractivity contribution in [2.45, 2.75) is 38.8 Å². The number of carbonyl (C=O) groups is 1. The molecule has 0 atom stereocenters. The van der Waals surface area contributed by atoms with Crippen LogP contribution >= 0.6 is 0 Å². The van der Waals surface area contributed by atoms with Crippen LogP contribution in [0, 0.1) is 5.82 Å². The van der Waals surface area contributed by atoms with E-state index in [9.17, 15) is 22.4 Å². The van der Waals surface area contributed by atoms with Crippen molar-refractivity contribution in [1.82, 2.24) is 5.32 Å². The standard InChI is InChI=1S/C20H21F4NO/c1-19(2,3)14-7-8-16(17(21)12-14)18(26)25-10-9-13-5-4-6-15(11-13)20(22,23)24/h4-8,11-12H,9-10H2,1-3H3,(H,25,26). The lowest BCUT2D eigenvalue weighted by atomic mass is 9.86. The molecule has 2 nitrogen and oxygen atoms in total. The van der Waals surface area contributed by atoms with E-state index in [1.165, 1.54) is 18.2 Å². The van der Waals surface area contributed by atoms with Crippen LogP contribution in [-0.4, -0.2) is 12.5 Å². The van der Waals surface area contributed by atoms with Gasteiger partial charge in [0.05, 0.1) is 11.1 Å². The molecule has 0 fully saturated rings. The van der Waals surface area contributed by atoms with Crippen molar-refractivity contribution in [3.8, 4) is 0 Å². The largest absolute Gasteiger partial charge is 0.416 e. The van der Waals surface area contributed by atoms with Gasteiger partial charge >= 0.3 is 6.18 Å². The van der Waals surface area contributed by atoms with Crippen molar-refractivity contribution in [2.75, 3.05) is 6.54 Å². The molecule has 2 rings (SSSR count). The number of hydrogen-bond acceptors (Lipinski definition) is 1. The summed E-state index contributed by atoms with van der Waals surface area (Å²) in [5.41, 5.74) is 0.172. The van der Waals surface area contributed by atoms with Crippen molar-refractivity contribution in [2.24, 2.45) is 0 Å². The fourth-order valence-corrected chi connectivity index (χ4v) is 2.48. The van der Waals surface area contributed by atoms with Gasteiger partial charge in [-0.25, -0.2) is 4.39 Å². The lowest BCUT2D eigenvalue weighted by Crippen LogP contribution is -2.27. The van der Waals surface area contributed by atoms with E-state index in [1.807, 2.05) is 20.8 Å². The quantitative estimate of drug-likeness (QED) is 0.747. The molecular weight excluding hydrogens is 346 g/mol. The molecule has 0 heterocycles. The van der Waals surface area contributed by atoms with E-state index in [4.69, 9.17) is 0 Å². The maximum Gasteiger partial charge on any atom is 0.416 e. The molecule has 2 aromatic carbocycles. The minimum atomic E-state index is -4.41. The molecule has 0 saturated carbocycles. The Balaban J connectivity index is 1.99. The van der Waals surface area contributed by atoms with Gasteiger partial charge in [-0.15, -0.1) is 0 Å². The summed E-state index contributed by atoms with van der Waals surface area (Å²) in [4.78, 5) is 12.1. The van der Waals surface area contributed by atoms with Crippen LogP contribution in [0.4, 0.5) is 17.6 Å². The Bertz CT molecular complexity index is 791. The molecule has 0 aliphatic heterocycles. The zero-order valence-corrected chi connectivity index (χ0v) is 14.9. The molecule has 0 saturated heterocycles. The van der Waals surface area contributed by atoms with E-state index in [-0.39, 0.29) is 23.9 Å². The normalized spacial score (nSPS) is 12.1. The van der Waals surface area contributed by atoms with Crippen LogP contribution in [0.15, 0.2) is 42.5 Å². The molecule has 26 heavy (non-hydrogen) atoms. The lowest BCUT2D eigenvalue weighted by molar-refractivity contribution is -0.137. The smallest absolute Gasteiger partial charge is 0.352 e. The first kappa shape index (κ1) is 19.9. The maximum atomic E-state index is 14.2. The summed E-state index contributed by atoms with van der Waals surface area (Å²) in [5, 5.41) is 2.54. The summed E-state index contributed by atoms with van der Waals surface area (Å²) in [6.45, 7) is 5.93. The molecule has 1 N–H and O–H groups in total. The third-order valence-electron chi connectivity index (χ3n) is 4.03. The summed E-state index contributed by atoms with van der Waals surface area (Å²) < 4.78 is 52.2. The summed E-state index contributed by atoms with van der Waals surface area (Å²) in [7, 11) is 0. The Kier molecular flexibility index (Phi) is 5.74. The van der Waals surface area contributed by atoms with E-state index in [0.29, 0.717) is 5.56 Å². The molecular formula is C20H21F4NO. The number of alkyl halides is 3. The van der Waals surface area contributed by atoms with Crippen molar-refractivity contribution in [1.29, 1.82) is 0 Å². The minimum absolute atomic E-state index is 0.0814. The molecule has 0 spiro atoms. The van der Waals surface area contributed by atoms with Crippen LogP contribution in [0.2, 0.25) is 0 Å². The predicted molar refractivity (Wildman–Crippen MR) is 92.6 cm³/mol. The Hall–Kier alpha value is -2.37. The van der Waals surface area contributed by atoms with E-state index in [0.717, 1.165) is 17.7 Å². The van der Waals surface area contributed by atoms with E-state index in [2.05, 4.69) is 5.32 Å². The van der Waals surface area contributed by atoms with Crippen LogP contribution in [0.1, 0.15) is 47.8 Å². The number of nitrogens with one attached hydrogen (secondary N) is 1. The molecule has 0 aromatic heterocycles. The van der Waals surface area contributed by atoms with Gasteiger partial charge in [0.2, 0.25) is 0 Å². The number of halogens is 4. The highest BCUT2D eigenvalue weighted by Crippen LogP contribution is 2.29. The summed E-state index contributed by atoms with van der Waals surface area (Å²) >= 11 is 0. The highest BCUT2D eigenvalue weighted by atomic mass is 19.4. The molecule has 6 heteroatoms. The Labute approximate surface area is 150 Å². The minimum Gasteiger partial charge on any atom is -0.352 e. The fraction of sp³-hybridized carbons (Fsp3) is 0.350. The second-order valence-corrected chi connectivity index (χ2v) is 7.15. The molecule has 2 aromatic rings. The maximum absolute atomic E-state index is 14.2. The van der Waals surface area contributed by atoms with Gasteiger partial charge in [-0.2, -0.15) is 13.2 Å².